The third-order valence-electron chi connectivity index (χ3n) is 3.11. The molecule has 0 spiro atoms. The molecular formula is C12H16N2O2. The summed E-state index contributed by atoms with van der Waals surface area (Å²) < 4.78 is 1.59. The first-order valence-corrected chi connectivity index (χ1v) is 5.74. The number of ketones is 2. The van der Waals surface area contributed by atoms with Crippen molar-refractivity contribution < 1.29 is 9.59 Å². The molecule has 1 fully saturated rings. The fourth-order valence-corrected chi connectivity index (χ4v) is 2.19. The van der Waals surface area contributed by atoms with Crippen molar-refractivity contribution in [1.29, 1.82) is 0 Å². The van der Waals surface area contributed by atoms with Gasteiger partial charge in [-0.3, -0.25) is 14.3 Å². The third kappa shape index (κ3) is 2.21. The lowest BCUT2D eigenvalue weighted by molar-refractivity contribution is -0.121. The van der Waals surface area contributed by atoms with E-state index < -0.39 is 5.92 Å². The molecule has 0 N–H and O–H groups in total. The van der Waals surface area contributed by atoms with Crippen molar-refractivity contribution >= 4 is 11.6 Å². The summed E-state index contributed by atoms with van der Waals surface area (Å²) in [5.41, 5.74) is 0.558. The van der Waals surface area contributed by atoms with Crippen LogP contribution in [0.3, 0.4) is 0 Å². The van der Waals surface area contributed by atoms with Crippen molar-refractivity contribution in [1.82, 2.24) is 9.78 Å². The number of carbonyl (C=O) groups is 2. The molecule has 16 heavy (non-hydrogen) atoms. The second kappa shape index (κ2) is 4.60. The van der Waals surface area contributed by atoms with Gasteiger partial charge in [0.2, 0.25) is 0 Å². The van der Waals surface area contributed by atoms with Gasteiger partial charge in [-0.15, -0.1) is 0 Å². The molecular weight excluding hydrogens is 204 g/mol. The molecule has 1 aliphatic rings. The number of aryl methyl sites for hydroxylation is 1. The lowest BCUT2D eigenvalue weighted by atomic mass is 9.91. The molecule has 0 aromatic carbocycles. The lowest BCUT2D eigenvalue weighted by Gasteiger charge is -2.09. The maximum Gasteiger partial charge on any atom is 0.176 e. The van der Waals surface area contributed by atoms with Gasteiger partial charge in [-0.1, -0.05) is 12.8 Å². The Morgan fingerprint density at radius 2 is 2.25 bits per heavy atom. The van der Waals surface area contributed by atoms with Crippen molar-refractivity contribution in [2.45, 2.75) is 32.1 Å². The van der Waals surface area contributed by atoms with Gasteiger partial charge < -0.3 is 0 Å². The minimum absolute atomic E-state index is 0.0556. The summed E-state index contributed by atoms with van der Waals surface area (Å²) in [4.78, 5) is 23.9. The van der Waals surface area contributed by atoms with Gasteiger partial charge in [0.25, 0.3) is 0 Å². The van der Waals surface area contributed by atoms with E-state index in [1.54, 1.807) is 24.1 Å². The molecule has 1 aromatic heterocycles. The van der Waals surface area contributed by atoms with Crippen LogP contribution < -0.4 is 0 Å². The van der Waals surface area contributed by atoms with E-state index in [1.807, 2.05) is 0 Å². The van der Waals surface area contributed by atoms with Crippen molar-refractivity contribution in [3.63, 3.8) is 0 Å². The van der Waals surface area contributed by atoms with Gasteiger partial charge in [0.05, 0.1) is 17.7 Å². The second-order valence-corrected chi connectivity index (χ2v) is 4.39. The number of hydrogen-bond donors (Lipinski definition) is 0. The molecule has 0 aliphatic heterocycles. The summed E-state index contributed by atoms with van der Waals surface area (Å²) in [6.07, 6.45) is 7.44. The smallest absolute Gasteiger partial charge is 0.176 e. The minimum Gasteiger partial charge on any atom is -0.299 e. The number of nitrogens with zero attached hydrogens (tertiary/aromatic N) is 2. The van der Waals surface area contributed by atoms with E-state index in [-0.39, 0.29) is 11.6 Å². The van der Waals surface area contributed by atoms with Crippen LogP contribution >= 0.6 is 0 Å². The van der Waals surface area contributed by atoms with Crippen LogP contribution in [0.2, 0.25) is 0 Å². The molecule has 1 atom stereocenters. The predicted molar refractivity (Wildman–Crippen MR) is 59.1 cm³/mol. The average molecular weight is 220 g/mol. The quantitative estimate of drug-likeness (QED) is 0.433. The first-order valence-electron chi connectivity index (χ1n) is 5.74. The molecule has 1 aromatic rings. The van der Waals surface area contributed by atoms with Crippen LogP contribution in [-0.4, -0.2) is 21.3 Å². The summed E-state index contributed by atoms with van der Waals surface area (Å²) in [6.45, 7) is 0. The summed E-state index contributed by atoms with van der Waals surface area (Å²) in [5.74, 6) is -0.377. The standard InChI is InChI=1S/C12H16N2O2/c1-14-8-9(7-13-14)12(16)10-5-3-2-4-6-11(10)15/h7-8,10H,2-6H2,1H3. The highest BCUT2D eigenvalue weighted by Gasteiger charge is 2.28. The van der Waals surface area contributed by atoms with Crippen LogP contribution in [0.15, 0.2) is 12.4 Å². The molecule has 0 amide bonds. The molecule has 4 heteroatoms. The van der Waals surface area contributed by atoms with Crippen LogP contribution in [0.5, 0.6) is 0 Å². The molecule has 2 rings (SSSR count). The lowest BCUT2D eigenvalue weighted by Crippen LogP contribution is -2.22. The minimum atomic E-state index is -0.424. The van der Waals surface area contributed by atoms with Gasteiger partial charge in [0.15, 0.2) is 5.78 Å². The Morgan fingerprint density at radius 3 is 2.94 bits per heavy atom. The number of aromatic nitrogens is 2. The second-order valence-electron chi connectivity index (χ2n) is 4.39. The molecule has 1 saturated carbocycles. The molecule has 0 bridgehead atoms. The highest BCUT2D eigenvalue weighted by molar-refractivity contribution is 6.10. The van der Waals surface area contributed by atoms with Gasteiger partial charge in [0, 0.05) is 19.7 Å². The zero-order chi connectivity index (χ0) is 11.5. The molecule has 1 unspecified atom stereocenters. The topological polar surface area (TPSA) is 52.0 Å². The normalized spacial score (nSPS) is 21.8. The Hall–Kier alpha value is -1.45. The molecule has 1 heterocycles. The van der Waals surface area contributed by atoms with E-state index in [4.69, 9.17) is 0 Å². The van der Waals surface area contributed by atoms with E-state index >= 15 is 0 Å². The zero-order valence-corrected chi connectivity index (χ0v) is 9.48. The van der Waals surface area contributed by atoms with Gasteiger partial charge in [-0.25, -0.2) is 0 Å². The van der Waals surface area contributed by atoms with E-state index in [0.29, 0.717) is 18.4 Å². The Bertz CT molecular complexity index is 409. The van der Waals surface area contributed by atoms with E-state index in [9.17, 15) is 9.59 Å². The Balaban J connectivity index is 2.16. The highest BCUT2D eigenvalue weighted by Crippen LogP contribution is 2.23. The van der Waals surface area contributed by atoms with Crippen LogP contribution in [0.1, 0.15) is 42.5 Å². The summed E-state index contributed by atoms with van der Waals surface area (Å²) >= 11 is 0. The predicted octanol–water partition coefficient (Wildman–Crippen LogP) is 1.75. The highest BCUT2D eigenvalue weighted by atomic mass is 16.1. The molecule has 86 valence electrons. The summed E-state index contributed by atoms with van der Waals surface area (Å²) in [5, 5.41) is 3.97. The SMILES string of the molecule is Cn1cc(C(=O)C2CCCCCC2=O)cn1. The first kappa shape index (κ1) is 11.0. The number of hydrogen-bond acceptors (Lipinski definition) is 3. The van der Waals surface area contributed by atoms with Gasteiger partial charge >= 0.3 is 0 Å². The Kier molecular flexibility index (Phi) is 3.17. The Morgan fingerprint density at radius 1 is 1.44 bits per heavy atom. The van der Waals surface area contributed by atoms with Crippen molar-refractivity contribution in [3.8, 4) is 0 Å². The molecule has 0 saturated heterocycles. The number of Topliss-reactive ketones (excluding diaryl/α,β-unsaturated/α-hetero) is 2. The number of carbonyl (C=O) groups excluding carboxylic acids is 2. The number of rotatable bonds is 2. The third-order valence-corrected chi connectivity index (χ3v) is 3.11. The van der Waals surface area contributed by atoms with Crippen LogP contribution in [0, 0.1) is 5.92 Å². The monoisotopic (exact) mass is 220 g/mol. The summed E-state index contributed by atoms with van der Waals surface area (Å²) in [6, 6.07) is 0. The van der Waals surface area contributed by atoms with Crippen molar-refractivity contribution in [3.05, 3.63) is 18.0 Å². The van der Waals surface area contributed by atoms with Crippen LogP contribution in [0.4, 0.5) is 0 Å². The van der Waals surface area contributed by atoms with E-state index in [0.717, 1.165) is 19.3 Å². The van der Waals surface area contributed by atoms with Gasteiger partial charge in [-0.05, 0) is 12.8 Å². The van der Waals surface area contributed by atoms with Crippen molar-refractivity contribution in [2.24, 2.45) is 13.0 Å². The molecule has 1 aliphatic carbocycles. The van der Waals surface area contributed by atoms with Gasteiger partial charge in [-0.2, -0.15) is 5.10 Å². The largest absolute Gasteiger partial charge is 0.299 e. The maximum atomic E-state index is 12.1. The fraction of sp³-hybridized carbons (Fsp3) is 0.583. The zero-order valence-electron chi connectivity index (χ0n) is 9.48. The molecule has 0 radical (unpaired) electrons. The Labute approximate surface area is 94.6 Å². The van der Waals surface area contributed by atoms with Crippen LogP contribution in [0.25, 0.3) is 0 Å². The average Bonchev–Trinajstić information content (AvgIpc) is 2.57. The first-order chi connectivity index (χ1) is 7.68. The fourth-order valence-electron chi connectivity index (χ4n) is 2.19. The van der Waals surface area contributed by atoms with Crippen molar-refractivity contribution in [2.75, 3.05) is 0 Å². The van der Waals surface area contributed by atoms with Crippen LogP contribution in [-0.2, 0) is 11.8 Å². The molecule has 4 nitrogen and oxygen atoms in total. The maximum absolute atomic E-state index is 12.1. The summed E-state index contributed by atoms with van der Waals surface area (Å²) in [7, 11) is 1.77. The van der Waals surface area contributed by atoms with E-state index in [1.165, 1.54) is 0 Å². The van der Waals surface area contributed by atoms with Gasteiger partial charge in [0.1, 0.15) is 5.78 Å². The van der Waals surface area contributed by atoms with E-state index in [2.05, 4.69) is 5.10 Å².